The van der Waals surface area contributed by atoms with E-state index in [1.807, 2.05) is 49.4 Å². The molecule has 3 aromatic rings. The summed E-state index contributed by atoms with van der Waals surface area (Å²) in [6, 6.07) is 23.2. The van der Waals surface area contributed by atoms with Gasteiger partial charge in [0.05, 0.1) is 16.6 Å². The molecule has 28 heavy (non-hydrogen) atoms. The summed E-state index contributed by atoms with van der Waals surface area (Å²) in [7, 11) is -3.61. The van der Waals surface area contributed by atoms with Crippen LogP contribution in [0.25, 0.3) is 0 Å². The molecule has 0 radical (unpaired) electrons. The van der Waals surface area contributed by atoms with Crippen molar-refractivity contribution in [3.05, 3.63) is 89.5 Å². The molecule has 3 aromatic carbocycles. The van der Waals surface area contributed by atoms with Gasteiger partial charge in [0.15, 0.2) is 0 Å². The molecule has 1 aliphatic heterocycles. The Morgan fingerprint density at radius 3 is 2.43 bits per heavy atom. The van der Waals surface area contributed by atoms with Gasteiger partial charge in [-0.05, 0) is 56.2 Å². The summed E-state index contributed by atoms with van der Waals surface area (Å²) in [6.07, 6.45) is 0.736. The van der Waals surface area contributed by atoms with Crippen LogP contribution < -0.4 is 4.31 Å². The zero-order chi connectivity index (χ0) is 19.7. The Labute approximate surface area is 171 Å². The van der Waals surface area contributed by atoms with Gasteiger partial charge in [0.25, 0.3) is 10.0 Å². The van der Waals surface area contributed by atoms with Crippen molar-refractivity contribution in [3.8, 4) is 0 Å². The number of para-hydroxylation sites is 1. The van der Waals surface area contributed by atoms with E-state index in [2.05, 4.69) is 25.1 Å². The summed E-state index contributed by atoms with van der Waals surface area (Å²) in [4.78, 5) is 1.52. The molecular formula is C23H23NO2S2. The molecule has 3 nitrogen and oxygen atoms in total. The molecular weight excluding hydrogens is 386 g/mol. The van der Waals surface area contributed by atoms with Crippen molar-refractivity contribution in [2.24, 2.45) is 0 Å². The molecule has 0 N–H and O–H groups in total. The van der Waals surface area contributed by atoms with Gasteiger partial charge in [0, 0.05) is 10.6 Å². The topological polar surface area (TPSA) is 37.4 Å². The lowest BCUT2D eigenvalue weighted by atomic mass is 10.1. The molecule has 0 aliphatic carbocycles. The molecule has 0 amide bonds. The van der Waals surface area contributed by atoms with Crippen LogP contribution in [0.4, 0.5) is 5.69 Å². The maximum atomic E-state index is 13.5. The third kappa shape index (κ3) is 3.69. The third-order valence-electron chi connectivity index (χ3n) is 5.03. The highest BCUT2D eigenvalue weighted by Gasteiger charge is 2.38. The maximum Gasteiger partial charge on any atom is 0.264 e. The second kappa shape index (κ2) is 7.64. The zero-order valence-electron chi connectivity index (χ0n) is 16.0. The largest absolute Gasteiger partial charge is 0.264 e. The Bertz CT molecular complexity index is 1090. The van der Waals surface area contributed by atoms with Gasteiger partial charge in [-0.25, -0.2) is 8.42 Å². The first-order chi connectivity index (χ1) is 13.4. The van der Waals surface area contributed by atoms with Gasteiger partial charge in [-0.1, -0.05) is 53.6 Å². The first-order valence-electron chi connectivity index (χ1n) is 9.33. The van der Waals surface area contributed by atoms with E-state index in [1.54, 1.807) is 28.2 Å². The monoisotopic (exact) mass is 409 g/mol. The summed E-state index contributed by atoms with van der Waals surface area (Å²) in [5.74, 6) is 0.712. The van der Waals surface area contributed by atoms with Crippen LogP contribution in [-0.2, 0) is 16.4 Å². The lowest BCUT2D eigenvalue weighted by Gasteiger charge is -2.27. The second-order valence-corrected chi connectivity index (χ2v) is 10.1. The molecule has 0 aromatic heterocycles. The molecule has 0 bridgehead atoms. The molecule has 0 saturated carbocycles. The SMILES string of the molecule is Cc1ccc(S(=O)(=O)N2c3ccccc3CC2CSc2cccc(C)c2)cc1. The number of hydrogen-bond donors (Lipinski definition) is 0. The predicted molar refractivity (Wildman–Crippen MR) is 117 cm³/mol. The first kappa shape index (κ1) is 19.1. The van der Waals surface area contributed by atoms with Gasteiger partial charge in [0.1, 0.15) is 0 Å². The number of rotatable bonds is 5. The number of hydrogen-bond acceptors (Lipinski definition) is 3. The Hall–Kier alpha value is -2.24. The van der Waals surface area contributed by atoms with Gasteiger partial charge in [-0.3, -0.25) is 4.31 Å². The fourth-order valence-electron chi connectivity index (χ4n) is 3.61. The predicted octanol–water partition coefficient (Wildman–Crippen LogP) is 5.22. The highest BCUT2D eigenvalue weighted by atomic mass is 32.2. The van der Waals surface area contributed by atoms with Gasteiger partial charge in [0.2, 0.25) is 0 Å². The van der Waals surface area contributed by atoms with Crippen molar-refractivity contribution in [3.63, 3.8) is 0 Å². The number of nitrogens with zero attached hydrogens (tertiary/aromatic N) is 1. The highest BCUT2D eigenvalue weighted by Crippen LogP contribution is 2.38. The number of benzene rings is 3. The fraction of sp³-hybridized carbons (Fsp3) is 0.217. The summed E-state index contributed by atoms with van der Waals surface area (Å²) in [6.45, 7) is 4.03. The average Bonchev–Trinajstić information content (AvgIpc) is 3.06. The Morgan fingerprint density at radius 2 is 1.68 bits per heavy atom. The maximum absolute atomic E-state index is 13.5. The van der Waals surface area contributed by atoms with Crippen molar-refractivity contribution in [1.29, 1.82) is 0 Å². The van der Waals surface area contributed by atoms with Crippen LogP contribution in [0, 0.1) is 13.8 Å². The molecule has 0 fully saturated rings. The highest BCUT2D eigenvalue weighted by molar-refractivity contribution is 7.99. The number of thioether (sulfide) groups is 1. The Kier molecular flexibility index (Phi) is 5.21. The van der Waals surface area contributed by atoms with E-state index >= 15 is 0 Å². The second-order valence-electron chi connectivity index (χ2n) is 7.23. The molecule has 144 valence electrons. The van der Waals surface area contributed by atoms with E-state index in [-0.39, 0.29) is 6.04 Å². The summed E-state index contributed by atoms with van der Waals surface area (Å²) in [5.41, 5.74) is 4.15. The normalized spacial score (nSPS) is 16.2. The van der Waals surface area contributed by atoms with E-state index < -0.39 is 10.0 Å². The van der Waals surface area contributed by atoms with Crippen LogP contribution in [0.2, 0.25) is 0 Å². The first-order valence-corrected chi connectivity index (χ1v) is 11.8. The zero-order valence-corrected chi connectivity index (χ0v) is 17.6. The average molecular weight is 410 g/mol. The van der Waals surface area contributed by atoms with Crippen molar-refractivity contribution < 1.29 is 8.42 Å². The quantitative estimate of drug-likeness (QED) is 0.543. The fourth-order valence-corrected chi connectivity index (χ4v) is 6.48. The van der Waals surface area contributed by atoms with Gasteiger partial charge in [-0.2, -0.15) is 0 Å². The summed E-state index contributed by atoms with van der Waals surface area (Å²) < 4.78 is 28.6. The minimum Gasteiger partial charge on any atom is -0.262 e. The van der Waals surface area contributed by atoms with Crippen molar-refractivity contribution in [1.82, 2.24) is 0 Å². The molecule has 0 spiro atoms. The Morgan fingerprint density at radius 1 is 0.929 bits per heavy atom. The molecule has 1 heterocycles. The minimum absolute atomic E-state index is 0.103. The van der Waals surface area contributed by atoms with Gasteiger partial charge < -0.3 is 0 Å². The van der Waals surface area contributed by atoms with Crippen LogP contribution in [0.15, 0.2) is 82.6 Å². The summed E-state index contributed by atoms with van der Waals surface area (Å²) in [5, 5.41) is 0. The van der Waals surface area contributed by atoms with E-state index in [0.29, 0.717) is 10.6 Å². The summed E-state index contributed by atoms with van der Waals surface area (Å²) >= 11 is 1.71. The molecule has 0 saturated heterocycles. The number of fused-ring (bicyclic) bond motifs is 1. The Balaban J connectivity index is 1.67. The molecule has 1 unspecified atom stereocenters. The standard InChI is InChI=1S/C23H23NO2S2/c1-17-10-12-22(13-11-17)28(25,26)24-20(15-19-7-3-4-9-23(19)24)16-27-21-8-5-6-18(2)14-21/h3-14,20H,15-16H2,1-2H3. The van der Waals surface area contributed by atoms with E-state index in [4.69, 9.17) is 0 Å². The molecule has 5 heteroatoms. The van der Waals surface area contributed by atoms with Crippen LogP contribution in [0.5, 0.6) is 0 Å². The van der Waals surface area contributed by atoms with E-state index in [1.165, 1.54) is 10.5 Å². The van der Waals surface area contributed by atoms with Gasteiger partial charge >= 0.3 is 0 Å². The van der Waals surface area contributed by atoms with Crippen LogP contribution >= 0.6 is 11.8 Å². The van der Waals surface area contributed by atoms with Crippen molar-refractivity contribution in [2.75, 3.05) is 10.1 Å². The van der Waals surface area contributed by atoms with E-state index in [0.717, 1.165) is 23.2 Å². The van der Waals surface area contributed by atoms with Crippen molar-refractivity contribution in [2.45, 2.75) is 36.1 Å². The molecule has 1 aliphatic rings. The third-order valence-corrected chi connectivity index (χ3v) is 8.05. The van der Waals surface area contributed by atoms with Crippen molar-refractivity contribution >= 4 is 27.5 Å². The van der Waals surface area contributed by atoms with Crippen LogP contribution in [0.3, 0.4) is 0 Å². The van der Waals surface area contributed by atoms with Gasteiger partial charge in [-0.15, -0.1) is 11.8 Å². The van der Waals surface area contributed by atoms with Crippen LogP contribution in [0.1, 0.15) is 16.7 Å². The van der Waals surface area contributed by atoms with Crippen LogP contribution in [-0.4, -0.2) is 20.2 Å². The number of anilines is 1. The number of sulfonamides is 1. The smallest absolute Gasteiger partial charge is 0.262 e. The molecule has 1 atom stereocenters. The number of aryl methyl sites for hydroxylation is 2. The lowest BCUT2D eigenvalue weighted by Crippen LogP contribution is -2.39. The lowest BCUT2D eigenvalue weighted by molar-refractivity contribution is 0.585. The molecule has 4 rings (SSSR count). The van der Waals surface area contributed by atoms with E-state index in [9.17, 15) is 8.42 Å². The minimum atomic E-state index is -3.61.